The average Bonchev–Trinajstić information content (AvgIpc) is 2.95. The van der Waals surface area contributed by atoms with Crippen LogP contribution >= 0.6 is 0 Å². The van der Waals surface area contributed by atoms with Crippen LogP contribution in [0, 0.1) is 0 Å². The van der Waals surface area contributed by atoms with E-state index in [0.717, 1.165) is 18.2 Å². The summed E-state index contributed by atoms with van der Waals surface area (Å²) >= 11 is 0. The second kappa shape index (κ2) is 11.4. The van der Waals surface area contributed by atoms with Crippen LogP contribution in [0.2, 0.25) is 0 Å². The Kier molecular flexibility index (Phi) is 7.77. The first-order chi connectivity index (χ1) is 20.0. The van der Waals surface area contributed by atoms with Gasteiger partial charge < -0.3 is 49.3 Å². The first-order valence-electron chi connectivity index (χ1n) is 12.7. The summed E-state index contributed by atoms with van der Waals surface area (Å²) in [6.07, 6.45) is -4.94. The second-order valence-electron chi connectivity index (χ2n) is 9.61. The molecular formula is C30H26O12. The molecule has 0 saturated carbocycles. The Balaban J connectivity index is 1.42. The van der Waals surface area contributed by atoms with Crippen molar-refractivity contribution < 1.29 is 54.1 Å². The van der Waals surface area contributed by atoms with E-state index >= 15 is 0 Å². The summed E-state index contributed by atoms with van der Waals surface area (Å²) in [5, 5.41) is 60.7. The largest absolute Gasteiger partial charge is 0.508 e. The summed E-state index contributed by atoms with van der Waals surface area (Å²) in [6.45, 7) is 1.46. The van der Waals surface area contributed by atoms with Gasteiger partial charge in [-0.05, 0) is 55.0 Å². The highest BCUT2D eigenvalue weighted by Gasteiger charge is 2.46. The number of phenols is 4. The number of rotatable bonds is 6. The number of aromatic hydroxyl groups is 4. The van der Waals surface area contributed by atoms with Crippen LogP contribution in [0.4, 0.5) is 0 Å². The van der Waals surface area contributed by atoms with Gasteiger partial charge in [-0.3, -0.25) is 4.79 Å². The summed E-state index contributed by atoms with van der Waals surface area (Å²) in [5.41, 5.74) is -0.177. The number of fused-ring (bicyclic) bond motifs is 1. The molecule has 4 aromatic rings. The summed E-state index contributed by atoms with van der Waals surface area (Å²) in [6, 6.07) is 13.6. The quantitative estimate of drug-likeness (QED) is 0.145. The molecule has 12 heteroatoms. The lowest BCUT2D eigenvalue weighted by atomic mass is 9.99. The molecule has 218 valence electrons. The number of aliphatic hydroxyl groups is 2. The van der Waals surface area contributed by atoms with E-state index in [1.54, 1.807) is 12.1 Å². The van der Waals surface area contributed by atoms with E-state index in [0.29, 0.717) is 5.56 Å². The molecular weight excluding hydrogens is 552 g/mol. The number of benzene rings is 3. The lowest BCUT2D eigenvalue weighted by Gasteiger charge is -2.40. The highest BCUT2D eigenvalue weighted by Crippen LogP contribution is 2.37. The summed E-state index contributed by atoms with van der Waals surface area (Å²) in [4.78, 5) is 25.9. The van der Waals surface area contributed by atoms with Crippen molar-refractivity contribution in [1.82, 2.24) is 0 Å². The van der Waals surface area contributed by atoms with Crippen molar-refractivity contribution >= 4 is 23.0 Å². The van der Waals surface area contributed by atoms with E-state index in [9.17, 15) is 40.2 Å². The van der Waals surface area contributed by atoms with Gasteiger partial charge >= 0.3 is 5.97 Å². The molecule has 5 atom stereocenters. The van der Waals surface area contributed by atoms with Gasteiger partial charge in [-0.1, -0.05) is 12.1 Å². The molecule has 2 heterocycles. The number of phenolic OH excluding ortho intramolecular Hbond substituents is 4. The fraction of sp³-hybridized carbons (Fsp3) is 0.200. The van der Waals surface area contributed by atoms with Crippen molar-refractivity contribution in [2.24, 2.45) is 0 Å². The Morgan fingerprint density at radius 2 is 1.52 bits per heavy atom. The van der Waals surface area contributed by atoms with Crippen LogP contribution in [0.3, 0.4) is 0 Å². The van der Waals surface area contributed by atoms with E-state index in [4.69, 9.17) is 18.6 Å². The second-order valence-corrected chi connectivity index (χ2v) is 9.61. The zero-order valence-electron chi connectivity index (χ0n) is 21.9. The Morgan fingerprint density at radius 1 is 0.881 bits per heavy atom. The fourth-order valence-electron chi connectivity index (χ4n) is 4.48. The maximum absolute atomic E-state index is 13.5. The van der Waals surface area contributed by atoms with E-state index in [1.165, 1.54) is 49.4 Å². The molecule has 0 radical (unpaired) electrons. The first kappa shape index (κ1) is 28.5. The zero-order chi connectivity index (χ0) is 30.1. The summed E-state index contributed by atoms with van der Waals surface area (Å²) in [5.74, 6) is -2.47. The highest BCUT2D eigenvalue weighted by molar-refractivity contribution is 5.88. The Labute approximate surface area is 237 Å². The predicted octanol–water partition coefficient (Wildman–Crippen LogP) is 2.75. The van der Waals surface area contributed by atoms with Crippen molar-refractivity contribution in [1.29, 1.82) is 0 Å². The van der Waals surface area contributed by atoms with E-state index in [-0.39, 0.29) is 39.5 Å². The Bertz CT molecular complexity index is 1690. The van der Waals surface area contributed by atoms with Gasteiger partial charge in [0.25, 0.3) is 0 Å². The highest BCUT2D eigenvalue weighted by atomic mass is 16.7. The van der Waals surface area contributed by atoms with Crippen molar-refractivity contribution in [2.75, 3.05) is 0 Å². The van der Waals surface area contributed by atoms with Crippen molar-refractivity contribution in [3.05, 3.63) is 82.5 Å². The fourth-order valence-corrected chi connectivity index (χ4v) is 4.48. The van der Waals surface area contributed by atoms with Crippen LogP contribution in [0.15, 0.2) is 76.0 Å². The standard InChI is InChI=1S/C30H26O12/c1-14-27(41-22(35)11-4-15-2-7-17(31)8-3-15)25(37)26(38)30(39-14)42-29-24(36)23-20(34)12-19(33)13-21(23)40-28(29)16-5-9-18(32)10-6-16/h2-14,25-27,30-34,37-38H,1H3/b11-4+/t14-,25-,26+,27-,30?/m1/s1. The molecule has 0 spiro atoms. The minimum Gasteiger partial charge on any atom is -0.508 e. The van der Waals surface area contributed by atoms with Crippen molar-refractivity contribution in [2.45, 2.75) is 37.6 Å². The lowest BCUT2D eigenvalue weighted by Crippen LogP contribution is -2.59. The number of esters is 1. The van der Waals surface area contributed by atoms with Crippen LogP contribution < -0.4 is 10.2 Å². The third-order valence-corrected chi connectivity index (χ3v) is 6.62. The molecule has 1 aliphatic rings. The molecule has 1 unspecified atom stereocenters. The van der Waals surface area contributed by atoms with E-state index < -0.39 is 53.6 Å². The molecule has 1 fully saturated rings. The van der Waals surface area contributed by atoms with Crippen molar-refractivity contribution in [3.63, 3.8) is 0 Å². The van der Waals surface area contributed by atoms with Gasteiger partial charge in [-0.15, -0.1) is 0 Å². The monoisotopic (exact) mass is 578 g/mol. The SMILES string of the molecule is C[C@H]1OC(Oc2c(-c3ccc(O)cc3)oc3cc(O)cc(O)c3c2=O)[C@@H](O)[C@@H](O)[C@@H]1OC(=O)/C=C/c1ccc(O)cc1. The molecule has 1 saturated heterocycles. The minimum atomic E-state index is -1.81. The number of ether oxygens (including phenoxy) is 3. The van der Waals surface area contributed by atoms with Gasteiger partial charge in [0.15, 0.2) is 11.9 Å². The Hall–Kier alpha value is -5.04. The maximum Gasteiger partial charge on any atom is 0.331 e. The van der Waals surface area contributed by atoms with Crippen LogP contribution in [-0.2, 0) is 14.3 Å². The smallest absolute Gasteiger partial charge is 0.331 e. The molecule has 1 aliphatic heterocycles. The molecule has 0 aliphatic carbocycles. The number of carbonyl (C=O) groups is 1. The topological polar surface area (TPSA) is 196 Å². The molecule has 12 nitrogen and oxygen atoms in total. The molecule has 6 N–H and O–H groups in total. The maximum atomic E-state index is 13.5. The van der Waals surface area contributed by atoms with Gasteiger partial charge in [0, 0.05) is 23.8 Å². The molecule has 0 amide bonds. The number of aliphatic hydroxyl groups excluding tert-OH is 2. The van der Waals surface area contributed by atoms with Gasteiger partial charge in [0.2, 0.25) is 17.5 Å². The van der Waals surface area contributed by atoms with Crippen LogP contribution in [-0.4, -0.2) is 67.3 Å². The van der Waals surface area contributed by atoms with Crippen LogP contribution in [0.25, 0.3) is 28.4 Å². The lowest BCUT2D eigenvalue weighted by molar-refractivity contribution is -0.271. The number of hydrogen-bond donors (Lipinski definition) is 6. The molecule has 3 aromatic carbocycles. The first-order valence-corrected chi connectivity index (χ1v) is 12.7. The van der Waals surface area contributed by atoms with Gasteiger partial charge in [-0.25, -0.2) is 4.79 Å². The number of hydrogen-bond acceptors (Lipinski definition) is 12. The van der Waals surface area contributed by atoms with Gasteiger partial charge in [-0.2, -0.15) is 0 Å². The minimum absolute atomic E-state index is 0.0598. The normalized spacial score (nSPS) is 22.3. The van der Waals surface area contributed by atoms with Crippen LogP contribution in [0.5, 0.6) is 28.7 Å². The van der Waals surface area contributed by atoms with E-state index in [1.807, 2.05) is 0 Å². The zero-order valence-corrected chi connectivity index (χ0v) is 21.9. The third-order valence-electron chi connectivity index (χ3n) is 6.62. The third kappa shape index (κ3) is 5.72. The van der Waals surface area contributed by atoms with Crippen molar-refractivity contribution in [3.8, 4) is 40.1 Å². The van der Waals surface area contributed by atoms with Gasteiger partial charge in [0.05, 0.1) is 6.10 Å². The molecule has 5 rings (SSSR count). The molecule has 1 aromatic heterocycles. The average molecular weight is 579 g/mol. The summed E-state index contributed by atoms with van der Waals surface area (Å²) < 4.78 is 22.6. The van der Waals surface area contributed by atoms with E-state index in [2.05, 4.69) is 0 Å². The summed E-state index contributed by atoms with van der Waals surface area (Å²) in [7, 11) is 0. The van der Waals surface area contributed by atoms with Crippen LogP contribution in [0.1, 0.15) is 12.5 Å². The predicted molar refractivity (Wildman–Crippen MR) is 147 cm³/mol. The molecule has 0 bridgehead atoms. The van der Waals surface area contributed by atoms with Gasteiger partial charge in [0.1, 0.15) is 46.2 Å². The molecule has 42 heavy (non-hydrogen) atoms. The number of carbonyl (C=O) groups excluding carboxylic acids is 1. The Morgan fingerprint density at radius 3 is 2.19 bits per heavy atom.